The molecule has 5 heteroatoms. The Morgan fingerprint density at radius 1 is 1.43 bits per heavy atom. The largest absolute Gasteiger partial charge is 0.374 e. The summed E-state index contributed by atoms with van der Waals surface area (Å²) in [6.45, 7) is 2.94. The number of nitrogens with one attached hydrogen (secondary N) is 2. The van der Waals surface area contributed by atoms with Crippen LogP contribution in [0.15, 0.2) is 0 Å². The molecular formula is C16H28N2O2S. The van der Waals surface area contributed by atoms with E-state index in [1.807, 2.05) is 11.8 Å². The van der Waals surface area contributed by atoms with Crippen LogP contribution < -0.4 is 10.6 Å². The van der Waals surface area contributed by atoms with Gasteiger partial charge in [-0.25, -0.2) is 4.79 Å². The van der Waals surface area contributed by atoms with Gasteiger partial charge in [0, 0.05) is 24.4 Å². The molecule has 0 bridgehead atoms. The average molecular weight is 312 g/mol. The molecule has 1 spiro atoms. The van der Waals surface area contributed by atoms with Crippen molar-refractivity contribution in [3.8, 4) is 0 Å². The lowest BCUT2D eigenvalue weighted by molar-refractivity contribution is -0.0684. The van der Waals surface area contributed by atoms with Gasteiger partial charge in [0.05, 0.1) is 5.60 Å². The second-order valence-electron chi connectivity index (χ2n) is 6.93. The zero-order valence-corrected chi connectivity index (χ0v) is 13.8. The molecule has 3 rings (SSSR count). The lowest BCUT2D eigenvalue weighted by Crippen LogP contribution is -2.52. The number of hydrogen-bond donors (Lipinski definition) is 2. The first-order chi connectivity index (χ1) is 10.2. The van der Waals surface area contributed by atoms with Gasteiger partial charge < -0.3 is 15.4 Å². The summed E-state index contributed by atoms with van der Waals surface area (Å²) in [5.74, 6) is 3.14. The molecule has 120 valence electrons. The number of rotatable bonds is 5. The summed E-state index contributed by atoms with van der Waals surface area (Å²) in [6, 6.07) is 0.638. The van der Waals surface area contributed by atoms with E-state index >= 15 is 0 Å². The summed E-state index contributed by atoms with van der Waals surface area (Å²) in [5, 5.41) is 6.36. The van der Waals surface area contributed by atoms with Crippen LogP contribution in [-0.2, 0) is 4.74 Å². The molecule has 3 aliphatic rings. The molecule has 2 aliphatic heterocycles. The number of urea groups is 1. The maximum atomic E-state index is 12.2. The quantitative estimate of drug-likeness (QED) is 0.820. The van der Waals surface area contributed by atoms with Crippen LogP contribution in [-0.4, -0.2) is 41.8 Å². The van der Waals surface area contributed by atoms with Crippen LogP contribution in [0.3, 0.4) is 0 Å². The molecule has 1 saturated carbocycles. The first-order valence-electron chi connectivity index (χ1n) is 8.48. The zero-order valence-electron chi connectivity index (χ0n) is 13.0. The highest BCUT2D eigenvalue weighted by atomic mass is 32.2. The van der Waals surface area contributed by atoms with E-state index in [4.69, 9.17) is 4.74 Å². The lowest BCUT2D eigenvalue weighted by atomic mass is 9.90. The number of carbonyl (C=O) groups excluding carboxylic acids is 1. The summed E-state index contributed by atoms with van der Waals surface area (Å²) in [5.41, 5.74) is 0.0407. The van der Waals surface area contributed by atoms with E-state index in [0.29, 0.717) is 6.04 Å². The normalized spacial score (nSPS) is 33.9. The molecule has 0 radical (unpaired) electrons. The Kier molecular flexibility index (Phi) is 4.99. The van der Waals surface area contributed by atoms with E-state index < -0.39 is 0 Å². The van der Waals surface area contributed by atoms with Crippen molar-refractivity contribution in [3.05, 3.63) is 0 Å². The molecule has 3 fully saturated rings. The van der Waals surface area contributed by atoms with Crippen LogP contribution in [0.1, 0.15) is 51.9 Å². The molecule has 4 nitrogen and oxygen atoms in total. The molecule has 0 aromatic carbocycles. The smallest absolute Gasteiger partial charge is 0.315 e. The maximum absolute atomic E-state index is 12.2. The van der Waals surface area contributed by atoms with E-state index in [1.165, 1.54) is 18.6 Å². The van der Waals surface area contributed by atoms with Crippen LogP contribution in [0.5, 0.6) is 0 Å². The lowest BCUT2D eigenvalue weighted by Gasteiger charge is -2.38. The predicted octanol–water partition coefficient (Wildman–Crippen LogP) is 2.92. The first-order valence-corrected chi connectivity index (χ1v) is 9.63. The number of ether oxygens (including phenoxy) is 1. The zero-order chi connectivity index (χ0) is 14.7. The maximum Gasteiger partial charge on any atom is 0.315 e. The van der Waals surface area contributed by atoms with Gasteiger partial charge in [-0.15, -0.1) is 0 Å². The monoisotopic (exact) mass is 312 g/mol. The third kappa shape index (κ3) is 4.28. The molecule has 2 heterocycles. The second kappa shape index (κ2) is 6.78. The van der Waals surface area contributed by atoms with Crippen LogP contribution in [0, 0.1) is 5.92 Å². The van der Waals surface area contributed by atoms with Crippen molar-refractivity contribution in [2.45, 2.75) is 69.6 Å². The van der Waals surface area contributed by atoms with Gasteiger partial charge in [0.1, 0.15) is 0 Å². The van der Waals surface area contributed by atoms with Crippen molar-refractivity contribution in [2.24, 2.45) is 5.92 Å². The average Bonchev–Trinajstić information content (AvgIpc) is 3.18. The Labute approximate surface area is 132 Å². The van der Waals surface area contributed by atoms with Crippen LogP contribution >= 0.6 is 11.8 Å². The van der Waals surface area contributed by atoms with Gasteiger partial charge in [-0.3, -0.25) is 0 Å². The van der Waals surface area contributed by atoms with Crippen LogP contribution in [0.2, 0.25) is 0 Å². The molecule has 2 saturated heterocycles. The number of hydrogen-bond acceptors (Lipinski definition) is 3. The standard InChI is InChI=1S/C16H28N2O2S/c1-2-13(9-12-3-4-12)17-15(19)18-14-5-7-20-16(10-14)6-8-21-11-16/h12-14H,2-11H2,1H3,(H2,17,18,19)/t13-,14+,16-/m1/s1. The highest BCUT2D eigenvalue weighted by Crippen LogP contribution is 2.38. The van der Waals surface area contributed by atoms with E-state index in [-0.39, 0.29) is 17.7 Å². The fourth-order valence-corrected chi connectivity index (χ4v) is 4.89. The summed E-state index contributed by atoms with van der Waals surface area (Å²) >= 11 is 1.98. The third-order valence-corrected chi connectivity index (χ3v) is 6.26. The molecule has 21 heavy (non-hydrogen) atoms. The third-order valence-electron chi connectivity index (χ3n) is 5.04. The Balaban J connectivity index is 1.45. The minimum atomic E-state index is 0.0233. The van der Waals surface area contributed by atoms with Crippen molar-refractivity contribution >= 4 is 17.8 Å². The molecule has 2 amide bonds. The molecule has 2 N–H and O–H groups in total. The molecular weight excluding hydrogens is 284 g/mol. The predicted molar refractivity (Wildman–Crippen MR) is 86.7 cm³/mol. The Bertz CT molecular complexity index is 367. The van der Waals surface area contributed by atoms with E-state index in [9.17, 15) is 4.79 Å². The summed E-state index contributed by atoms with van der Waals surface area (Å²) < 4.78 is 6.01. The van der Waals surface area contributed by atoms with Crippen LogP contribution in [0.4, 0.5) is 4.79 Å². The van der Waals surface area contributed by atoms with E-state index in [2.05, 4.69) is 17.6 Å². The highest BCUT2D eigenvalue weighted by Gasteiger charge is 2.40. The van der Waals surface area contributed by atoms with Crippen molar-refractivity contribution in [2.75, 3.05) is 18.1 Å². The Hall–Kier alpha value is -0.420. The van der Waals surface area contributed by atoms with E-state index in [0.717, 1.165) is 50.4 Å². The topological polar surface area (TPSA) is 50.4 Å². The van der Waals surface area contributed by atoms with Gasteiger partial charge in [0.2, 0.25) is 0 Å². The summed E-state index contributed by atoms with van der Waals surface area (Å²) in [7, 11) is 0. The number of thioether (sulfide) groups is 1. The van der Waals surface area contributed by atoms with E-state index in [1.54, 1.807) is 0 Å². The first kappa shape index (κ1) is 15.5. The molecule has 0 aromatic rings. The minimum absolute atomic E-state index is 0.0233. The van der Waals surface area contributed by atoms with Gasteiger partial charge >= 0.3 is 6.03 Å². The Morgan fingerprint density at radius 3 is 2.95 bits per heavy atom. The SMILES string of the molecule is CC[C@H](CC1CC1)NC(=O)N[C@H]1CCO[C@]2(CCSC2)C1. The fourth-order valence-electron chi connectivity index (χ4n) is 3.51. The molecule has 0 unspecified atom stereocenters. The van der Waals surface area contributed by atoms with Crippen molar-refractivity contribution < 1.29 is 9.53 Å². The van der Waals surface area contributed by atoms with Gasteiger partial charge in [-0.2, -0.15) is 11.8 Å². The van der Waals surface area contributed by atoms with Gasteiger partial charge in [0.25, 0.3) is 0 Å². The fraction of sp³-hybridized carbons (Fsp3) is 0.938. The van der Waals surface area contributed by atoms with Gasteiger partial charge in [-0.1, -0.05) is 19.8 Å². The van der Waals surface area contributed by atoms with Crippen molar-refractivity contribution in [3.63, 3.8) is 0 Å². The van der Waals surface area contributed by atoms with Crippen LogP contribution in [0.25, 0.3) is 0 Å². The summed E-state index contributed by atoms with van der Waals surface area (Å²) in [4.78, 5) is 12.2. The molecule has 0 aromatic heterocycles. The number of carbonyl (C=O) groups is 1. The van der Waals surface area contributed by atoms with Crippen molar-refractivity contribution in [1.82, 2.24) is 10.6 Å². The van der Waals surface area contributed by atoms with Crippen molar-refractivity contribution in [1.29, 1.82) is 0 Å². The second-order valence-corrected chi connectivity index (χ2v) is 8.03. The highest BCUT2D eigenvalue weighted by molar-refractivity contribution is 7.99. The number of amides is 2. The molecule has 1 aliphatic carbocycles. The molecule has 3 atom stereocenters. The summed E-state index contributed by atoms with van der Waals surface area (Å²) in [6.07, 6.45) is 7.93. The van der Waals surface area contributed by atoms with Gasteiger partial charge in [0.15, 0.2) is 0 Å². The Morgan fingerprint density at radius 2 is 2.29 bits per heavy atom. The van der Waals surface area contributed by atoms with Gasteiger partial charge in [-0.05, 0) is 43.8 Å². The minimum Gasteiger partial charge on any atom is -0.374 e.